The molecule has 1 fully saturated rings. The molecule has 0 saturated carbocycles. The van der Waals surface area contributed by atoms with Crippen LogP contribution in [0.15, 0.2) is 65.2 Å². The number of fused-ring (bicyclic) bond motifs is 1. The Bertz CT molecular complexity index is 982. The molecule has 0 aromatic heterocycles. The minimum Gasteiger partial charge on any atom is -0.494 e. The molecule has 0 bridgehead atoms. The molecule has 0 radical (unpaired) electrons. The highest BCUT2D eigenvalue weighted by molar-refractivity contribution is 8.03. The van der Waals surface area contributed by atoms with Gasteiger partial charge in [-0.1, -0.05) is 54.2 Å². The third-order valence-corrected chi connectivity index (χ3v) is 6.91. The molecule has 2 aliphatic heterocycles. The SMILES string of the molecule is CCOc1ccc([C@@H]2CC(=O)N3CN([C@@H](C)c4ccccc4)CSC3=C2C#N)cc1. The molecule has 30 heavy (non-hydrogen) atoms. The summed E-state index contributed by atoms with van der Waals surface area (Å²) in [6, 6.07) is 20.7. The fraction of sp³-hybridized carbons (Fsp3) is 0.333. The van der Waals surface area contributed by atoms with Crippen LogP contribution in [0.4, 0.5) is 0 Å². The molecule has 2 atom stereocenters. The molecule has 4 rings (SSSR count). The quantitative estimate of drug-likeness (QED) is 0.693. The highest BCUT2D eigenvalue weighted by atomic mass is 32.2. The molecule has 2 aromatic rings. The van der Waals surface area contributed by atoms with Gasteiger partial charge >= 0.3 is 0 Å². The number of thioether (sulfide) groups is 1. The van der Waals surface area contributed by atoms with E-state index in [0.717, 1.165) is 22.2 Å². The third-order valence-electron chi connectivity index (χ3n) is 5.74. The zero-order chi connectivity index (χ0) is 21.1. The van der Waals surface area contributed by atoms with Gasteiger partial charge in [0, 0.05) is 18.4 Å². The second-order valence-corrected chi connectivity index (χ2v) is 8.44. The molecule has 6 heteroatoms. The number of nitrogens with zero attached hydrogens (tertiary/aromatic N) is 3. The van der Waals surface area contributed by atoms with Crippen LogP contribution >= 0.6 is 11.8 Å². The number of rotatable bonds is 5. The van der Waals surface area contributed by atoms with Crippen molar-refractivity contribution in [1.82, 2.24) is 9.80 Å². The first-order valence-electron chi connectivity index (χ1n) is 10.2. The van der Waals surface area contributed by atoms with Crippen LogP contribution in [0.1, 0.15) is 43.4 Å². The Morgan fingerprint density at radius 3 is 2.60 bits per heavy atom. The van der Waals surface area contributed by atoms with Crippen molar-refractivity contribution in [3.05, 3.63) is 76.3 Å². The van der Waals surface area contributed by atoms with Gasteiger partial charge < -0.3 is 4.74 Å². The van der Waals surface area contributed by atoms with Gasteiger partial charge in [0.1, 0.15) is 5.75 Å². The van der Waals surface area contributed by atoms with Gasteiger partial charge in [-0.25, -0.2) is 0 Å². The summed E-state index contributed by atoms with van der Waals surface area (Å²) >= 11 is 1.59. The zero-order valence-corrected chi connectivity index (χ0v) is 18.1. The lowest BCUT2D eigenvalue weighted by atomic mass is 9.86. The Morgan fingerprint density at radius 1 is 1.20 bits per heavy atom. The van der Waals surface area contributed by atoms with Crippen molar-refractivity contribution >= 4 is 17.7 Å². The number of hydrogen-bond acceptors (Lipinski definition) is 5. The molecule has 0 aliphatic carbocycles. The van der Waals surface area contributed by atoms with Crippen molar-refractivity contribution in [3.63, 3.8) is 0 Å². The van der Waals surface area contributed by atoms with E-state index in [1.54, 1.807) is 16.7 Å². The predicted molar refractivity (Wildman–Crippen MR) is 118 cm³/mol. The molecule has 2 aliphatic rings. The maximum absolute atomic E-state index is 13.1. The van der Waals surface area contributed by atoms with E-state index < -0.39 is 0 Å². The monoisotopic (exact) mass is 419 g/mol. The minimum atomic E-state index is -0.199. The summed E-state index contributed by atoms with van der Waals surface area (Å²) in [7, 11) is 0. The lowest BCUT2D eigenvalue weighted by molar-refractivity contribution is -0.132. The maximum Gasteiger partial charge on any atom is 0.229 e. The average Bonchev–Trinajstić information content (AvgIpc) is 2.79. The number of carbonyl (C=O) groups excluding carboxylic acids is 1. The summed E-state index contributed by atoms with van der Waals surface area (Å²) in [6.45, 7) is 5.23. The standard InChI is InChI=1S/C24H25N3O2S/c1-3-29-20-11-9-19(10-12-20)21-13-23(28)27-15-26(16-30-24(27)22(21)14-25)17(2)18-7-5-4-6-8-18/h4-12,17,21H,3,13,15-16H2,1-2H3/t17-,21-/m0/s1. The van der Waals surface area contributed by atoms with Crippen molar-refractivity contribution < 1.29 is 9.53 Å². The number of carbonyl (C=O) groups is 1. The van der Waals surface area contributed by atoms with Gasteiger partial charge in [-0.2, -0.15) is 5.26 Å². The Morgan fingerprint density at radius 2 is 1.93 bits per heavy atom. The Labute approximate surface area is 181 Å². The van der Waals surface area contributed by atoms with Gasteiger partial charge in [-0.3, -0.25) is 14.6 Å². The first-order valence-corrected chi connectivity index (χ1v) is 11.2. The lowest BCUT2D eigenvalue weighted by Gasteiger charge is -2.43. The van der Waals surface area contributed by atoms with Crippen LogP contribution < -0.4 is 4.74 Å². The largest absolute Gasteiger partial charge is 0.494 e. The highest BCUT2D eigenvalue weighted by Crippen LogP contribution is 2.43. The number of amides is 1. The van der Waals surface area contributed by atoms with E-state index in [1.807, 2.05) is 49.4 Å². The minimum absolute atomic E-state index is 0.0698. The number of hydrogen-bond donors (Lipinski definition) is 0. The van der Waals surface area contributed by atoms with Gasteiger partial charge in [0.15, 0.2) is 0 Å². The Kier molecular flexibility index (Phi) is 6.12. The van der Waals surface area contributed by atoms with Crippen LogP contribution in [0.5, 0.6) is 5.75 Å². The molecule has 0 unspecified atom stereocenters. The van der Waals surface area contributed by atoms with Crippen molar-refractivity contribution in [2.24, 2.45) is 0 Å². The lowest BCUT2D eigenvalue weighted by Crippen LogP contribution is -2.47. The van der Waals surface area contributed by atoms with Gasteiger partial charge in [0.25, 0.3) is 0 Å². The highest BCUT2D eigenvalue weighted by Gasteiger charge is 2.39. The second kappa shape index (κ2) is 8.95. The van der Waals surface area contributed by atoms with E-state index in [9.17, 15) is 10.1 Å². The Balaban J connectivity index is 1.58. The van der Waals surface area contributed by atoms with Crippen LogP contribution in [0.3, 0.4) is 0 Å². The summed E-state index contributed by atoms with van der Waals surface area (Å²) in [5, 5.41) is 10.8. The molecule has 5 nitrogen and oxygen atoms in total. The molecular formula is C24H25N3O2S. The molecule has 154 valence electrons. The van der Waals surface area contributed by atoms with Crippen LogP contribution in [0.25, 0.3) is 0 Å². The third kappa shape index (κ3) is 3.96. The normalized spacial score (nSPS) is 20.5. The van der Waals surface area contributed by atoms with E-state index >= 15 is 0 Å². The summed E-state index contributed by atoms with van der Waals surface area (Å²) in [5.41, 5.74) is 2.90. The average molecular weight is 420 g/mol. The van der Waals surface area contributed by atoms with Gasteiger partial charge in [0.2, 0.25) is 5.91 Å². The van der Waals surface area contributed by atoms with E-state index in [2.05, 4.69) is 30.0 Å². The van der Waals surface area contributed by atoms with Crippen molar-refractivity contribution in [2.75, 3.05) is 19.2 Å². The van der Waals surface area contributed by atoms with Crippen molar-refractivity contribution in [3.8, 4) is 11.8 Å². The number of allylic oxidation sites excluding steroid dienone is 1. The molecule has 1 saturated heterocycles. The second-order valence-electron chi connectivity index (χ2n) is 7.50. The van der Waals surface area contributed by atoms with E-state index in [0.29, 0.717) is 25.3 Å². The van der Waals surface area contributed by atoms with Crippen LogP contribution in [-0.2, 0) is 4.79 Å². The van der Waals surface area contributed by atoms with Crippen molar-refractivity contribution in [1.29, 1.82) is 5.26 Å². The number of benzene rings is 2. The summed E-state index contributed by atoms with van der Waals surface area (Å²) in [5.74, 6) is 1.42. The summed E-state index contributed by atoms with van der Waals surface area (Å²) in [4.78, 5) is 17.1. The first-order chi connectivity index (χ1) is 14.6. The first kappa shape index (κ1) is 20.5. The zero-order valence-electron chi connectivity index (χ0n) is 17.2. The van der Waals surface area contributed by atoms with Crippen LogP contribution in [0.2, 0.25) is 0 Å². The molecular weight excluding hydrogens is 394 g/mol. The van der Waals surface area contributed by atoms with Gasteiger partial charge in [0.05, 0.1) is 35.8 Å². The summed E-state index contributed by atoms with van der Waals surface area (Å²) in [6.07, 6.45) is 0.314. The molecule has 2 heterocycles. The van der Waals surface area contributed by atoms with E-state index in [4.69, 9.17) is 4.74 Å². The topological polar surface area (TPSA) is 56.6 Å². The number of nitriles is 1. The maximum atomic E-state index is 13.1. The predicted octanol–water partition coefficient (Wildman–Crippen LogP) is 4.86. The number of ether oxygens (including phenoxy) is 1. The van der Waals surface area contributed by atoms with E-state index in [-0.39, 0.29) is 17.9 Å². The van der Waals surface area contributed by atoms with Crippen LogP contribution in [-0.4, -0.2) is 34.9 Å². The fourth-order valence-electron chi connectivity index (χ4n) is 4.01. The Hall–Kier alpha value is -2.75. The molecule has 0 N–H and O–H groups in total. The molecule has 2 aromatic carbocycles. The van der Waals surface area contributed by atoms with Gasteiger partial charge in [-0.05, 0) is 37.1 Å². The van der Waals surface area contributed by atoms with E-state index in [1.165, 1.54) is 5.56 Å². The molecule has 1 amide bonds. The van der Waals surface area contributed by atoms with Crippen LogP contribution in [0, 0.1) is 11.3 Å². The van der Waals surface area contributed by atoms with Gasteiger partial charge in [-0.15, -0.1) is 0 Å². The smallest absolute Gasteiger partial charge is 0.229 e. The molecule has 0 spiro atoms. The summed E-state index contributed by atoms with van der Waals surface area (Å²) < 4.78 is 5.52. The fourth-order valence-corrected chi connectivity index (χ4v) is 5.26. The van der Waals surface area contributed by atoms with Crippen molar-refractivity contribution in [2.45, 2.75) is 32.2 Å².